The Kier molecular flexibility index (Phi) is 6.88. The van der Waals surface area contributed by atoms with Gasteiger partial charge in [0.1, 0.15) is 5.75 Å². The summed E-state index contributed by atoms with van der Waals surface area (Å²) < 4.78 is 35.0. The molecule has 6 heteroatoms. The lowest BCUT2D eigenvalue weighted by atomic mass is 10.1. The molecule has 0 aromatic heterocycles. The molecule has 1 aliphatic rings. The minimum atomic E-state index is -3.47. The fourth-order valence-electron chi connectivity index (χ4n) is 3.37. The van der Waals surface area contributed by atoms with Crippen LogP contribution in [0.25, 0.3) is 0 Å². The molecule has 2 aromatic rings. The van der Waals surface area contributed by atoms with E-state index in [-0.39, 0.29) is 0 Å². The second kappa shape index (κ2) is 9.35. The van der Waals surface area contributed by atoms with Crippen LogP contribution >= 0.6 is 0 Å². The summed E-state index contributed by atoms with van der Waals surface area (Å²) in [5.41, 5.74) is 2.11. The van der Waals surface area contributed by atoms with Crippen LogP contribution in [-0.4, -0.2) is 43.8 Å². The first-order valence-electron chi connectivity index (χ1n) is 9.51. The van der Waals surface area contributed by atoms with Gasteiger partial charge in [-0.2, -0.15) is 17.0 Å². The molecule has 5 nitrogen and oxygen atoms in total. The summed E-state index contributed by atoms with van der Waals surface area (Å²) in [7, 11) is -1.85. The Balaban J connectivity index is 1.78. The lowest BCUT2D eigenvalue weighted by Crippen LogP contribution is -2.46. The van der Waals surface area contributed by atoms with Crippen LogP contribution in [0.4, 0.5) is 0 Å². The molecule has 0 atom stereocenters. The van der Waals surface area contributed by atoms with E-state index in [1.807, 2.05) is 54.6 Å². The summed E-state index contributed by atoms with van der Waals surface area (Å²) in [6.45, 7) is 2.07. The fraction of sp³-hybridized carbons (Fsp3) is 0.429. The second-order valence-electron chi connectivity index (χ2n) is 6.88. The van der Waals surface area contributed by atoms with Crippen molar-refractivity contribution < 1.29 is 13.2 Å². The van der Waals surface area contributed by atoms with Crippen molar-refractivity contribution in [3.63, 3.8) is 0 Å². The summed E-state index contributed by atoms with van der Waals surface area (Å²) in [5, 5.41) is 0. The van der Waals surface area contributed by atoms with Gasteiger partial charge in [0.25, 0.3) is 10.2 Å². The van der Waals surface area contributed by atoms with E-state index in [2.05, 4.69) is 0 Å². The van der Waals surface area contributed by atoms with Crippen molar-refractivity contribution in [3.8, 4) is 5.75 Å². The number of piperidine rings is 1. The fourth-order valence-corrected chi connectivity index (χ4v) is 5.05. The Bertz CT molecular complexity index is 801. The zero-order valence-electron chi connectivity index (χ0n) is 15.9. The third-order valence-corrected chi connectivity index (χ3v) is 6.96. The highest BCUT2D eigenvalue weighted by Gasteiger charge is 2.30. The van der Waals surface area contributed by atoms with Crippen molar-refractivity contribution in [2.45, 2.75) is 32.2 Å². The number of rotatable bonds is 8. The number of hydrogen-bond donors (Lipinski definition) is 0. The number of nitrogens with zero attached hydrogens (tertiary/aromatic N) is 2. The van der Waals surface area contributed by atoms with Gasteiger partial charge in [-0.3, -0.25) is 0 Å². The molecule has 0 radical (unpaired) electrons. The molecule has 0 amide bonds. The molecule has 0 unspecified atom stereocenters. The Morgan fingerprint density at radius 2 is 1.59 bits per heavy atom. The van der Waals surface area contributed by atoms with Gasteiger partial charge in [-0.1, -0.05) is 48.9 Å². The molecule has 1 fully saturated rings. The summed E-state index contributed by atoms with van der Waals surface area (Å²) in [6, 6.07) is 17.6. The van der Waals surface area contributed by atoms with E-state index in [9.17, 15) is 8.42 Å². The van der Waals surface area contributed by atoms with E-state index in [0.717, 1.165) is 36.1 Å². The van der Waals surface area contributed by atoms with Crippen molar-refractivity contribution in [1.82, 2.24) is 8.61 Å². The van der Waals surface area contributed by atoms with Crippen molar-refractivity contribution in [3.05, 3.63) is 65.7 Å². The molecular formula is C21H28N2O3S. The van der Waals surface area contributed by atoms with Crippen molar-refractivity contribution >= 4 is 10.2 Å². The average Bonchev–Trinajstić information content (AvgIpc) is 2.73. The normalized spacial score (nSPS) is 15.8. The van der Waals surface area contributed by atoms with Gasteiger partial charge in [-0.15, -0.1) is 0 Å². The number of methoxy groups -OCH3 is 1. The summed E-state index contributed by atoms with van der Waals surface area (Å²) in [6.07, 6.45) is 3.68. The van der Waals surface area contributed by atoms with Crippen LogP contribution in [0.15, 0.2) is 54.6 Å². The molecule has 2 aromatic carbocycles. The maximum absolute atomic E-state index is 13.3. The zero-order valence-corrected chi connectivity index (χ0v) is 16.7. The third kappa shape index (κ3) is 5.31. The van der Waals surface area contributed by atoms with Gasteiger partial charge in [0.2, 0.25) is 0 Å². The first-order valence-corrected chi connectivity index (χ1v) is 10.9. The predicted octanol–water partition coefficient (Wildman–Crippen LogP) is 3.47. The molecule has 146 valence electrons. The van der Waals surface area contributed by atoms with E-state index in [4.69, 9.17) is 4.74 Å². The van der Waals surface area contributed by atoms with Crippen LogP contribution in [-0.2, 0) is 23.2 Å². The van der Waals surface area contributed by atoms with E-state index < -0.39 is 10.2 Å². The predicted molar refractivity (Wildman–Crippen MR) is 108 cm³/mol. The van der Waals surface area contributed by atoms with Crippen LogP contribution in [0.5, 0.6) is 5.75 Å². The maximum Gasteiger partial charge on any atom is 0.282 e. The van der Waals surface area contributed by atoms with E-state index in [0.29, 0.717) is 32.6 Å². The van der Waals surface area contributed by atoms with Gasteiger partial charge < -0.3 is 4.74 Å². The molecule has 1 heterocycles. The quantitative estimate of drug-likeness (QED) is 0.696. The average molecular weight is 389 g/mol. The summed E-state index contributed by atoms with van der Waals surface area (Å²) in [5.74, 6) is 0.772. The maximum atomic E-state index is 13.3. The molecule has 3 rings (SSSR count). The molecule has 0 saturated carbocycles. The molecule has 1 aliphatic heterocycles. The lowest BCUT2D eigenvalue weighted by molar-refractivity contribution is 0.300. The minimum Gasteiger partial charge on any atom is -0.497 e. The van der Waals surface area contributed by atoms with Crippen molar-refractivity contribution in [2.75, 3.05) is 26.7 Å². The highest BCUT2D eigenvalue weighted by Crippen LogP contribution is 2.20. The van der Waals surface area contributed by atoms with Gasteiger partial charge in [0.05, 0.1) is 7.11 Å². The Labute approximate surface area is 162 Å². The SMILES string of the molecule is COc1ccc(CN(CCc2ccccc2)S(=O)(=O)N2CCCCC2)cc1. The van der Waals surface area contributed by atoms with Crippen LogP contribution in [0.2, 0.25) is 0 Å². The second-order valence-corrected chi connectivity index (χ2v) is 8.81. The van der Waals surface area contributed by atoms with E-state index >= 15 is 0 Å². The minimum absolute atomic E-state index is 0.371. The largest absolute Gasteiger partial charge is 0.497 e. The van der Waals surface area contributed by atoms with Gasteiger partial charge in [0.15, 0.2) is 0 Å². The molecule has 1 saturated heterocycles. The Morgan fingerprint density at radius 1 is 0.926 bits per heavy atom. The van der Waals surface area contributed by atoms with Gasteiger partial charge in [-0.05, 0) is 42.5 Å². The first-order chi connectivity index (χ1) is 13.1. The van der Waals surface area contributed by atoms with Crippen LogP contribution in [0.3, 0.4) is 0 Å². The van der Waals surface area contributed by atoms with Crippen molar-refractivity contribution in [1.29, 1.82) is 0 Å². The van der Waals surface area contributed by atoms with Gasteiger partial charge >= 0.3 is 0 Å². The number of ether oxygens (including phenoxy) is 1. The highest BCUT2D eigenvalue weighted by molar-refractivity contribution is 7.86. The first kappa shape index (κ1) is 19.9. The standard InChI is InChI=1S/C21H28N2O3S/c1-26-21-12-10-20(11-13-21)18-23(17-14-19-8-4-2-5-9-19)27(24,25)22-15-6-3-7-16-22/h2,4-5,8-13H,3,6-7,14-18H2,1H3. The zero-order chi connectivity index (χ0) is 19.1. The van der Waals surface area contributed by atoms with E-state index in [1.165, 1.54) is 0 Å². The molecule has 0 aliphatic carbocycles. The monoisotopic (exact) mass is 388 g/mol. The van der Waals surface area contributed by atoms with Crippen LogP contribution < -0.4 is 4.74 Å². The lowest BCUT2D eigenvalue weighted by Gasteiger charge is -2.32. The molecule has 0 bridgehead atoms. The van der Waals surface area contributed by atoms with Crippen LogP contribution in [0, 0.1) is 0 Å². The molecular weight excluding hydrogens is 360 g/mol. The Hall–Kier alpha value is -1.89. The summed E-state index contributed by atoms with van der Waals surface area (Å²) >= 11 is 0. The van der Waals surface area contributed by atoms with Crippen LogP contribution in [0.1, 0.15) is 30.4 Å². The number of benzene rings is 2. The topological polar surface area (TPSA) is 49.9 Å². The Morgan fingerprint density at radius 3 is 2.22 bits per heavy atom. The van der Waals surface area contributed by atoms with E-state index in [1.54, 1.807) is 15.7 Å². The smallest absolute Gasteiger partial charge is 0.282 e. The van der Waals surface area contributed by atoms with Gasteiger partial charge in [-0.25, -0.2) is 0 Å². The number of hydrogen-bond acceptors (Lipinski definition) is 3. The highest BCUT2D eigenvalue weighted by atomic mass is 32.2. The molecule has 27 heavy (non-hydrogen) atoms. The molecule has 0 spiro atoms. The summed E-state index contributed by atoms with van der Waals surface area (Å²) in [4.78, 5) is 0. The van der Waals surface area contributed by atoms with Crippen molar-refractivity contribution in [2.24, 2.45) is 0 Å². The molecule has 0 N–H and O–H groups in total. The third-order valence-electron chi connectivity index (χ3n) is 4.98. The van der Waals surface area contributed by atoms with Gasteiger partial charge in [0, 0.05) is 26.2 Å².